The molecule has 0 saturated heterocycles. The molecule has 14 heavy (non-hydrogen) atoms. The minimum atomic E-state index is -0.924. The zero-order chi connectivity index (χ0) is 10.1. The SMILES string of the molecule is O=C(O)Cc1cc(O)c2occc2c1. The van der Waals surface area contributed by atoms with Crippen LogP contribution in [0.4, 0.5) is 0 Å². The Balaban J connectivity index is 2.53. The molecule has 1 aromatic heterocycles. The van der Waals surface area contributed by atoms with Gasteiger partial charge in [0, 0.05) is 5.39 Å². The number of phenols is 1. The Morgan fingerprint density at radius 2 is 2.21 bits per heavy atom. The van der Waals surface area contributed by atoms with Crippen LogP contribution in [0, 0.1) is 0 Å². The van der Waals surface area contributed by atoms with Crippen molar-refractivity contribution in [3.05, 3.63) is 30.0 Å². The van der Waals surface area contributed by atoms with E-state index in [0.29, 0.717) is 16.5 Å². The van der Waals surface area contributed by atoms with Crippen molar-refractivity contribution < 1.29 is 19.4 Å². The zero-order valence-electron chi connectivity index (χ0n) is 7.23. The molecule has 0 bridgehead atoms. The quantitative estimate of drug-likeness (QED) is 0.760. The van der Waals surface area contributed by atoms with Crippen molar-refractivity contribution in [2.24, 2.45) is 0 Å². The summed E-state index contributed by atoms with van der Waals surface area (Å²) in [7, 11) is 0. The van der Waals surface area contributed by atoms with Crippen molar-refractivity contribution in [1.82, 2.24) is 0 Å². The molecule has 0 unspecified atom stereocenters. The molecule has 1 heterocycles. The Kier molecular flexibility index (Phi) is 1.89. The van der Waals surface area contributed by atoms with Crippen LogP contribution in [0.25, 0.3) is 11.0 Å². The molecule has 1 aromatic carbocycles. The number of fused-ring (bicyclic) bond motifs is 1. The van der Waals surface area contributed by atoms with E-state index in [-0.39, 0.29) is 12.2 Å². The van der Waals surface area contributed by atoms with Gasteiger partial charge in [0.05, 0.1) is 12.7 Å². The monoisotopic (exact) mass is 192 g/mol. The van der Waals surface area contributed by atoms with Gasteiger partial charge in [-0.25, -0.2) is 0 Å². The molecule has 0 radical (unpaired) electrons. The summed E-state index contributed by atoms with van der Waals surface area (Å²) in [5.74, 6) is -0.948. The maximum Gasteiger partial charge on any atom is 0.307 e. The van der Waals surface area contributed by atoms with Crippen LogP contribution in [0.15, 0.2) is 28.9 Å². The van der Waals surface area contributed by atoms with Crippen LogP contribution < -0.4 is 0 Å². The molecule has 2 N–H and O–H groups in total. The van der Waals surface area contributed by atoms with Gasteiger partial charge < -0.3 is 14.6 Å². The van der Waals surface area contributed by atoms with Gasteiger partial charge in [0.1, 0.15) is 0 Å². The molecule has 0 spiro atoms. The molecule has 0 aliphatic rings. The van der Waals surface area contributed by atoms with Crippen molar-refractivity contribution in [2.75, 3.05) is 0 Å². The lowest BCUT2D eigenvalue weighted by molar-refractivity contribution is -0.136. The van der Waals surface area contributed by atoms with E-state index >= 15 is 0 Å². The van der Waals surface area contributed by atoms with E-state index in [4.69, 9.17) is 9.52 Å². The smallest absolute Gasteiger partial charge is 0.307 e. The largest absolute Gasteiger partial charge is 0.504 e. The van der Waals surface area contributed by atoms with Crippen molar-refractivity contribution >= 4 is 16.9 Å². The van der Waals surface area contributed by atoms with Gasteiger partial charge in [-0.2, -0.15) is 0 Å². The van der Waals surface area contributed by atoms with E-state index in [1.165, 1.54) is 12.3 Å². The van der Waals surface area contributed by atoms with Crippen molar-refractivity contribution in [1.29, 1.82) is 0 Å². The Hall–Kier alpha value is -1.97. The van der Waals surface area contributed by atoms with Gasteiger partial charge >= 0.3 is 5.97 Å². The van der Waals surface area contributed by atoms with Gasteiger partial charge in [-0.1, -0.05) is 0 Å². The second-order valence-electron chi connectivity index (χ2n) is 3.02. The lowest BCUT2D eigenvalue weighted by Gasteiger charge is -1.99. The van der Waals surface area contributed by atoms with Gasteiger partial charge in [-0.15, -0.1) is 0 Å². The number of rotatable bonds is 2. The zero-order valence-corrected chi connectivity index (χ0v) is 7.23. The molecule has 0 aliphatic carbocycles. The maximum absolute atomic E-state index is 10.4. The van der Waals surface area contributed by atoms with Crippen LogP contribution in [0.3, 0.4) is 0 Å². The predicted octanol–water partition coefficient (Wildman–Crippen LogP) is 1.77. The summed E-state index contributed by atoms with van der Waals surface area (Å²) in [5.41, 5.74) is 0.947. The summed E-state index contributed by atoms with van der Waals surface area (Å²) < 4.78 is 5.01. The summed E-state index contributed by atoms with van der Waals surface area (Å²) in [6.07, 6.45) is 1.35. The van der Waals surface area contributed by atoms with Gasteiger partial charge in [0.2, 0.25) is 0 Å². The third-order valence-corrected chi connectivity index (χ3v) is 1.95. The minimum Gasteiger partial charge on any atom is -0.504 e. The first-order valence-corrected chi connectivity index (χ1v) is 4.07. The Morgan fingerprint density at radius 1 is 1.43 bits per heavy atom. The number of aromatic hydroxyl groups is 1. The van der Waals surface area contributed by atoms with Gasteiger partial charge in [0.25, 0.3) is 0 Å². The fraction of sp³-hybridized carbons (Fsp3) is 0.100. The van der Waals surface area contributed by atoms with Gasteiger partial charge in [-0.3, -0.25) is 4.79 Å². The average molecular weight is 192 g/mol. The normalized spacial score (nSPS) is 10.6. The summed E-state index contributed by atoms with van der Waals surface area (Å²) in [6.45, 7) is 0. The van der Waals surface area contributed by atoms with Gasteiger partial charge in [-0.05, 0) is 23.8 Å². The highest BCUT2D eigenvalue weighted by Crippen LogP contribution is 2.27. The summed E-state index contributed by atoms with van der Waals surface area (Å²) in [6, 6.07) is 4.77. The molecule has 4 heteroatoms. The van der Waals surface area contributed by atoms with Crippen LogP contribution >= 0.6 is 0 Å². The standard InChI is InChI=1S/C10H8O4/c11-8-4-6(5-9(12)13)3-7-1-2-14-10(7)8/h1-4,11H,5H2,(H,12,13). The lowest BCUT2D eigenvalue weighted by atomic mass is 10.1. The molecule has 0 fully saturated rings. The topological polar surface area (TPSA) is 70.7 Å². The number of benzene rings is 1. The number of aliphatic carboxylic acids is 1. The number of furan rings is 1. The molecule has 0 atom stereocenters. The third-order valence-electron chi connectivity index (χ3n) is 1.95. The van der Waals surface area contributed by atoms with Crippen molar-refractivity contribution in [3.8, 4) is 5.75 Å². The average Bonchev–Trinajstić information content (AvgIpc) is 2.50. The maximum atomic E-state index is 10.4. The first-order chi connectivity index (χ1) is 6.66. The summed E-state index contributed by atoms with van der Waals surface area (Å²) in [5, 5.41) is 18.8. The van der Waals surface area contributed by atoms with Crippen molar-refractivity contribution in [3.63, 3.8) is 0 Å². The number of carboxylic acid groups (broad SMARTS) is 1. The number of carboxylic acids is 1. The number of carbonyl (C=O) groups is 1. The molecule has 2 aromatic rings. The lowest BCUT2D eigenvalue weighted by Crippen LogP contribution is -1.99. The molecule has 0 saturated carbocycles. The minimum absolute atomic E-state index is 0.0243. The predicted molar refractivity (Wildman–Crippen MR) is 49.2 cm³/mol. The molecule has 0 aliphatic heterocycles. The highest BCUT2D eigenvalue weighted by molar-refractivity contribution is 5.84. The van der Waals surface area contributed by atoms with E-state index in [9.17, 15) is 9.90 Å². The Labute approximate surface area is 79.4 Å². The first-order valence-electron chi connectivity index (χ1n) is 4.07. The third kappa shape index (κ3) is 1.42. The van der Waals surface area contributed by atoms with Crippen LogP contribution in [-0.4, -0.2) is 16.2 Å². The first kappa shape index (κ1) is 8.62. The van der Waals surface area contributed by atoms with E-state index in [1.807, 2.05) is 0 Å². The van der Waals surface area contributed by atoms with Crippen LogP contribution in [0.5, 0.6) is 5.75 Å². The molecule has 2 rings (SSSR count). The van der Waals surface area contributed by atoms with E-state index in [1.54, 1.807) is 12.1 Å². The number of hydrogen-bond acceptors (Lipinski definition) is 3. The Morgan fingerprint density at radius 3 is 2.93 bits per heavy atom. The summed E-state index contributed by atoms with van der Waals surface area (Å²) in [4.78, 5) is 10.4. The van der Waals surface area contributed by atoms with Crippen LogP contribution in [0.2, 0.25) is 0 Å². The van der Waals surface area contributed by atoms with Crippen LogP contribution in [-0.2, 0) is 11.2 Å². The summed E-state index contributed by atoms with van der Waals surface area (Å²) >= 11 is 0. The van der Waals surface area contributed by atoms with E-state index < -0.39 is 5.97 Å². The Bertz CT molecular complexity index is 484. The molecule has 72 valence electrons. The fourth-order valence-electron chi connectivity index (χ4n) is 1.40. The number of phenolic OH excluding ortho intramolecular Hbond substituents is 1. The number of hydrogen-bond donors (Lipinski definition) is 2. The molecular formula is C10H8O4. The van der Waals surface area contributed by atoms with E-state index in [2.05, 4.69) is 0 Å². The van der Waals surface area contributed by atoms with Gasteiger partial charge in [0.15, 0.2) is 11.3 Å². The highest BCUT2D eigenvalue weighted by atomic mass is 16.4. The molecular weight excluding hydrogens is 184 g/mol. The highest BCUT2D eigenvalue weighted by Gasteiger charge is 2.07. The van der Waals surface area contributed by atoms with E-state index in [0.717, 1.165) is 0 Å². The molecule has 0 amide bonds. The van der Waals surface area contributed by atoms with Crippen molar-refractivity contribution in [2.45, 2.75) is 6.42 Å². The second kappa shape index (κ2) is 3.06. The second-order valence-corrected chi connectivity index (χ2v) is 3.02. The molecule has 4 nitrogen and oxygen atoms in total. The van der Waals surface area contributed by atoms with Crippen LogP contribution in [0.1, 0.15) is 5.56 Å². The fourth-order valence-corrected chi connectivity index (χ4v) is 1.40.